The lowest BCUT2D eigenvalue weighted by molar-refractivity contribution is 0.717. The Morgan fingerprint density at radius 2 is 2.33 bits per heavy atom. The molecule has 1 saturated heterocycles. The van der Waals surface area contributed by atoms with Crippen LogP contribution in [0.25, 0.3) is 0 Å². The Morgan fingerprint density at radius 1 is 1.56 bits per heavy atom. The number of anilines is 1. The van der Waals surface area contributed by atoms with Crippen LogP contribution in [-0.4, -0.2) is 29.1 Å². The van der Waals surface area contributed by atoms with Crippen molar-refractivity contribution in [2.45, 2.75) is 32.4 Å². The fourth-order valence-electron chi connectivity index (χ4n) is 2.34. The summed E-state index contributed by atoms with van der Waals surface area (Å²) >= 11 is 2.03. The van der Waals surface area contributed by atoms with Crippen molar-refractivity contribution in [3.05, 3.63) is 22.9 Å². The van der Waals surface area contributed by atoms with Gasteiger partial charge in [-0.3, -0.25) is 0 Å². The van der Waals surface area contributed by atoms with E-state index in [-0.39, 0.29) is 0 Å². The van der Waals surface area contributed by atoms with Crippen LogP contribution in [0.1, 0.15) is 30.2 Å². The topological polar surface area (TPSA) is 39.9 Å². The Morgan fingerprint density at radius 3 is 3.00 bits per heavy atom. The van der Waals surface area contributed by atoms with Crippen LogP contribution < -0.4 is 4.90 Å². The maximum atomic E-state index is 9.32. The molecule has 0 amide bonds. The molecule has 0 saturated carbocycles. The van der Waals surface area contributed by atoms with E-state index in [1.807, 2.05) is 31.7 Å². The molecule has 4 heteroatoms. The molecule has 1 atom stereocenters. The van der Waals surface area contributed by atoms with Gasteiger partial charge in [-0.05, 0) is 31.9 Å². The molecule has 1 aromatic rings. The van der Waals surface area contributed by atoms with Crippen molar-refractivity contribution < 1.29 is 0 Å². The van der Waals surface area contributed by atoms with Crippen LogP contribution in [0, 0.1) is 25.2 Å². The molecule has 0 bridgehead atoms. The summed E-state index contributed by atoms with van der Waals surface area (Å²) in [7, 11) is 0. The molecular weight excluding hydrogens is 242 g/mol. The fraction of sp³-hybridized carbons (Fsp3) is 0.571. The number of aromatic nitrogens is 1. The fourth-order valence-corrected chi connectivity index (χ4v) is 3.52. The predicted molar refractivity (Wildman–Crippen MR) is 77.2 cm³/mol. The number of hydrogen-bond donors (Lipinski definition) is 0. The first-order valence-electron chi connectivity index (χ1n) is 6.40. The van der Waals surface area contributed by atoms with E-state index in [2.05, 4.69) is 22.9 Å². The van der Waals surface area contributed by atoms with Crippen molar-refractivity contribution >= 4 is 17.6 Å². The summed E-state index contributed by atoms with van der Waals surface area (Å²) in [5.41, 5.74) is 2.77. The van der Waals surface area contributed by atoms with Gasteiger partial charge in [0.05, 0.1) is 5.56 Å². The Hall–Kier alpha value is -1.21. The van der Waals surface area contributed by atoms with Crippen LogP contribution >= 0.6 is 11.8 Å². The molecule has 1 aromatic heterocycles. The van der Waals surface area contributed by atoms with Gasteiger partial charge in [-0.2, -0.15) is 17.0 Å². The molecule has 18 heavy (non-hydrogen) atoms. The molecule has 2 rings (SSSR count). The van der Waals surface area contributed by atoms with Crippen LogP contribution in [0.5, 0.6) is 0 Å². The first kappa shape index (κ1) is 13.2. The summed E-state index contributed by atoms with van der Waals surface area (Å²) in [5, 5.41) is 9.98. The average molecular weight is 261 g/mol. The number of pyridine rings is 1. The number of nitrogens with zero attached hydrogens (tertiary/aromatic N) is 3. The Balaban J connectivity index is 2.35. The molecule has 0 aliphatic carbocycles. The van der Waals surface area contributed by atoms with E-state index in [4.69, 9.17) is 0 Å². The third-order valence-electron chi connectivity index (χ3n) is 3.33. The van der Waals surface area contributed by atoms with Crippen molar-refractivity contribution in [3.8, 4) is 6.07 Å². The van der Waals surface area contributed by atoms with Gasteiger partial charge >= 0.3 is 0 Å². The van der Waals surface area contributed by atoms with Gasteiger partial charge in [0.2, 0.25) is 0 Å². The summed E-state index contributed by atoms with van der Waals surface area (Å²) in [4.78, 5) is 6.87. The third-order valence-corrected chi connectivity index (χ3v) is 4.70. The molecule has 1 fully saturated rings. The van der Waals surface area contributed by atoms with Gasteiger partial charge in [-0.1, -0.05) is 6.92 Å². The second kappa shape index (κ2) is 5.62. The van der Waals surface area contributed by atoms with Crippen LogP contribution in [0.4, 0.5) is 5.82 Å². The van der Waals surface area contributed by atoms with E-state index in [0.717, 1.165) is 41.5 Å². The van der Waals surface area contributed by atoms with E-state index in [0.29, 0.717) is 5.25 Å². The van der Waals surface area contributed by atoms with E-state index in [1.54, 1.807) is 0 Å². The van der Waals surface area contributed by atoms with Crippen molar-refractivity contribution in [3.63, 3.8) is 0 Å². The van der Waals surface area contributed by atoms with E-state index in [1.165, 1.54) is 6.42 Å². The summed E-state index contributed by atoms with van der Waals surface area (Å²) in [6, 6.07) is 4.29. The monoisotopic (exact) mass is 261 g/mol. The number of hydrogen-bond acceptors (Lipinski definition) is 4. The lowest BCUT2D eigenvalue weighted by Gasteiger charge is -2.33. The summed E-state index contributed by atoms with van der Waals surface area (Å²) in [6.07, 6.45) is 1.17. The van der Waals surface area contributed by atoms with Gasteiger partial charge in [0, 0.05) is 29.8 Å². The number of thioether (sulfide) groups is 1. The van der Waals surface area contributed by atoms with Crippen molar-refractivity contribution in [1.82, 2.24) is 4.98 Å². The lowest BCUT2D eigenvalue weighted by Crippen LogP contribution is -2.38. The second-order valence-corrected chi connectivity index (χ2v) is 6.15. The maximum absolute atomic E-state index is 9.32. The average Bonchev–Trinajstić information content (AvgIpc) is 2.38. The van der Waals surface area contributed by atoms with Gasteiger partial charge in [-0.25, -0.2) is 4.98 Å². The molecule has 1 aliphatic rings. The van der Waals surface area contributed by atoms with Gasteiger partial charge in [0.25, 0.3) is 0 Å². The highest BCUT2D eigenvalue weighted by Crippen LogP contribution is 2.28. The number of nitriles is 1. The van der Waals surface area contributed by atoms with Gasteiger partial charge in [-0.15, -0.1) is 0 Å². The lowest BCUT2D eigenvalue weighted by atomic mass is 10.1. The van der Waals surface area contributed by atoms with Crippen LogP contribution in [0.2, 0.25) is 0 Å². The molecule has 1 unspecified atom stereocenters. The summed E-state index contributed by atoms with van der Waals surface area (Å²) < 4.78 is 0. The van der Waals surface area contributed by atoms with Crippen molar-refractivity contribution in [1.29, 1.82) is 5.26 Å². The van der Waals surface area contributed by atoms with Crippen LogP contribution in [0.3, 0.4) is 0 Å². The third kappa shape index (κ3) is 2.62. The summed E-state index contributed by atoms with van der Waals surface area (Å²) in [6.45, 7) is 8.21. The van der Waals surface area contributed by atoms with Crippen LogP contribution in [0.15, 0.2) is 6.07 Å². The molecule has 96 valence electrons. The zero-order valence-corrected chi connectivity index (χ0v) is 12.0. The molecule has 3 nitrogen and oxygen atoms in total. The van der Waals surface area contributed by atoms with E-state index < -0.39 is 0 Å². The minimum Gasteiger partial charge on any atom is -0.354 e. The zero-order chi connectivity index (χ0) is 13.1. The molecule has 0 radical (unpaired) electrons. The Labute approximate surface area is 113 Å². The molecule has 1 aliphatic heterocycles. The highest BCUT2D eigenvalue weighted by atomic mass is 32.2. The van der Waals surface area contributed by atoms with E-state index >= 15 is 0 Å². The Kier molecular flexibility index (Phi) is 4.13. The molecule has 0 spiro atoms. The quantitative estimate of drug-likeness (QED) is 0.820. The summed E-state index contributed by atoms with van der Waals surface area (Å²) in [5.74, 6) is 2.01. The van der Waals surface area contributed by atoms with E-state index in [9.17, 15) is 5.26 Å². The first-order chi connectivity index (χ1) is 8.65. The maximum Gasteiger partial charge on any atom is 0.147 e. The Bertz CT molecular complexity index is 479. The minimum atomic E-state index is 0.660. The number of rotatable bonds is 2. The van der Waals surface area contributed by atoms with Gasteiger partial charge < -0.3 is 4.90 Å². The highest BCUT2D eigenvalue weighted by molar-refractivity contribution is 8.00. The molecule has 2 heterocycles. The van der Waals surface area contributed by atoms with Gasteiger partial charge in [0.15, 0.2) is 0 Å². The van der Waals surface area contributed by atoms with Crippen molar-refractivity contribution in [2.75, 3.05) is 23.7 Å². The highest BCUT2D eigenvalue weighted by Gasteiger charge is 2.23. The van der Waals surface area contributed by atoms with Crippen LogP contribution in [-0.2, 0) is 0 Å². The molecule has 0 N–H and O–H groups in total. The predicted octanol–water partition coefficient (Wildman–Crippen LogP) is 2.90. The SMILES string of the molecule is CCC1CN(c2nc(C)cc(C)c2C#N)CCS1. The largest absolute Gasteiger partial charge is 0.354 e. The normalized spacial score (nSPS) is 19.7. The second-order valence-electron chi connectivity index (χ2n) is 4.74. The zero-order valence-electron chi connectivity index (χ0n) is 11.2. The first-order valence-corrected chi connectivity index (χ1v) is 7.45. The smallest absolute Gasteiger partial charge is 0.147 e. The molecule has 0 aromatic carbocycles. The standard InChI is InChI=1S/C14H19N3S/c1-4-12-9-17(5-6-18-12)14-13(8-15)10(2)7-11(3)16-14/h7,12H,4-6,9H2,1-3H3. The molecular formula is C14H19N3S. The number of aryl methyl sites for hydroxylation is 2. The van der Waals surface area contributed by atoms with Gasteiger partial charge in [0.1, 0.15) is 11.9 Å². The minimum absolute atomic E-state index is 0.660. The van der Waals surface area contributed by atoms with Crippen molar-refractivity contribution in [2.24, 2.45) is 0 Å².